The average Bonchev–Trinajstić information content (AvgIpc) is 3.17. The summed E-state index contributed by atoms with van der Waals surface area (Å²) in [5.74, 6) is -0.243. The fraction of sp³-hybridized carbons (Fsp3) is 0.130. The van der Waals surface area contributed by atoms with Gasteiger partial charge in [0.1, 0.15) is 11.5 Å². The van der Waals surface area contributed by atoms with E-state index in [0.717, 1.165) is 15.3 Å². The van der Waals surface area contributed by atoms with Crippen molar-refractivity contribution in [2.75, 3.05) is 14.2 Å². The van der Waals surface area contributed by atoms with E-state index in [-0.39, 0.29) is 16.9 Å². The molecule has 0 aliphatic carbocycles. The van der Waals surface area contributed by atoms with Gasteiger partial charge in [-0.1, -0.05) is 18.7 Å². The fourth-order valence-corrected chi connectivity index (χ4v) is 3.86. The lowest BCUT2D eigenvalue weighted by Crippen LogP contribution is -2.05. The molecule has 1 N–H and O–H groups in total. The lowest BCUT2D eigenvalue weighted by molar-refractivity contribution is 0.0696. The van der Waals surface area contributed by atoms with Crippen molar-refractivity contribution in [2.45, 2.75) is 6.92 Å². The van der Waals surface area contributed by atoms with Crippen molar-refractivity contribution in [1.82, 2.24) is 0 Å². The lowest BCUT2D eigenvalue weighted by atomic mass is 9.94. The second kappa shape index (κ2) is 8.32. The van der Waals surface area contributed by atoms with Gasteiger partial charge in [0.25, 0.3) is 0 Å². The number of ketones is 1. The number of benzene rings is 2. The SMILES string of the molecule is C=C(C(=O)c1ccc(C(=O)O)cc1)c1cc(-c2ccc(C)s2)c(OC)cc1OC. The highest BCUT2D eigenvalue weighted by Crippen LogP contribution is 2.41. The molecule has 0 amide bonds. The van der Waals surface area contributed by atoms with Gasteiger partial charge in [0.2, 0.25) is 0 Å². The normalized spacial score (nSPS) is 10.4. The number of ether oxygens (including phenoxy) is 2. The minimum absolute atomic E-state index is 0.115. The van der Waals surface area contributed by atoms with Gasteiger partial charge in [-0.05, 0) is 37.3 Å². The number of carbonyl (C=O) groups is 2. The molecule has 0 spiro atoms. The first-order valence-electron chi connectivity index (χ1n) is 8.76. The first-order valence-corrected chi connectivity index (χ1v) is 9.57. The summed E-state index contributed by atoms with van der Waals surface area (Å²) in [6.45, 7) is 6.00. The van der Waals surface area contributed by atoms with E-state index < -0.39 is 5.97 Å². The van der Waals surface area contributed by atoms with E-state index in [1.165, 1.54) is 31.4 Å². The van der Waals surface area contributed by atoms with Gasteiger partial charge in [0, 0.05) is 38.1 Å². The molecule has 2 aromatic carbocycles. The largest absolute Gasteiger partial charge is 0.496 e. The molecule has 1 aromatic heterocycles. The van der Waals surface area contributed by atoms with E-state index in [1.54, 1.807) is 24.5 Å². The van der Waals surface area contributed by atoms with Gasteiger partial charge in [-0.3, -0.25) is 4.79 Å². The molecule has 0 radical (unpaired) electrons. The zero-order valence-corrected chi connectivity index (χ0v) is 17.1. The van der Waals surface area contributed by atoms with Crippen molar-refractivity contribution in [2.24, 2.45) is 0 Å². The van der Waals surface area contributed by atoms with Crippen LogP contribution in [0.5, 0.6) is 11.5 Å². The van der Waals surface area contributed by atoms with Crippen LogP contribution in [-0.4, -0.2) is 31.1 Å². The first-order chi connectivity index (χ1) is 13.8. The van der Waals surface area contributed by atoms with Crippen LogP contribution in [0.2, 0.25) is 0 Å². The number of Topliss-reactive ketones (excluding diaryl/α,β-unsaturated/α-hetero) is 1. The maximum Gasteiger partial charge on any atom is 0.335 e. The highest BCUT2D eigenvalue weighted by molar-refractivity contribution is 7.15. The number of hydrogen-bond donors (Lipinski definition) is 1. The summed E-state index contributed by atoms with van der Waals surface area (Å²) < 4.78 is 11.0. The smallest absolute Gasteiger partial charge is 0.335 e. The van der Waals surface area contributed by atoms with Crippen molar-refractivity contribution in [3.8, 4) is 21.9 Å². The van der Waals surface area contributed by atoms with Crippen molar-refractivity contribution in [3.63, 3.8) is 0 Å². The van der Waals surface area contributed by atoms with Crippen LogP contribution in [0.4, 0.5) is 0 Å². The van der Waals surface area contributed by atoms with Gasteiger partial charge in [0.05, 0.1) is 19.8 Å². The Morgan fingerprint density at radius 1 is 0.931 bits per heavy atom. The third kappa shape index (κ3) is 4.07. The molecular weight excluding hydrogens is 388 g/mol. The molecule has 0 bridgehead atoms. The molecule has 0 atom stereocenters. The molecule has 0 aliphatic rings. The molecule has 1 heterocycles. The minimum Gasteiger partial charge on any atom is -0.496 e. The van der Waals surface area contributed by atoms with Crippen LogP contribution in [0.15, 0.2) is 55.1 Å². The molecule has 29 heavy (non-hydrogen) atoms. The Bertz CT molecular complexity index is 1090. The lowest BCUT2D eigenvalue weighted by Gasteiger charge is -2.15. The van der Waals surface area contributed by atoms with Crippen LogP contribution in [0.3, 0.4) is 0 Å². The molecule has 0 fully saturated rings. The van der Waals surface area contributed by atoms with Crippen molar-refractivity contribution in [1.29, 1.82) is 0 Å². The molecular formula is C23H20O5S. The highest BCUT2D eigenvalue weighted by Gasteiger charge is 2.20. The quantitative estimate of drug-likeness (QED) is 0.422. The summed E-state index contributed by atoms with van der Waals surface area (Å²) in [4.78, 5) is 26.2. The molecule has 148 valence electrons. The third-order valence-electron chi connectivity index (χ3n) is 4.52. The number of aromatic carboxylic acids is 1. The molecule has 5 nitrogen and oxygen atoms in total. The van der Waals surface area contributed by atoms with Crippen LogP contribution < -0.4 is 9.47 Å². The number of allylic oxidation sites excluding steroid dienone is 1. The minimum atomic E-state index is -1.05. The van der Waals surface area contributed by atoms with Gasteiger partial charge in [-0.25, -0.2) is 4.79 Å². The number of carboxylic acids is 1. The molecule has 0 saturated heterocycles. The summed E-state index contributed by atoms with van der Waals surface area (Å²) in [6, 6.07) is 13.4. The fourth-order valence-electron chi connectivity index (χ4n) is 2.97. The Kier molecular flexibility index (Phi) is 5.84. The maximum absolute atomic E-state index is 13.0. The molecule has 0 unspecified atom stereocenters. The predicted octanol–water partition coefficient (Wildman–Crippen LogP) is 5.34. The zero-order chi connectivity index (χ0) is 21.1. The van der Waals surface area contributed by atoms with Crippen molar-refractivity contribution >= 4 is 28.7 Å². The Hall–Kier alpha value is -3.38. The Balaban J connectivity index is 2.05. The van der Waals surface area contributed by atoms with Crippen molar-refractivity contribution in [3.05, 3.63) is 76.7 Å². The number of carbonyl (C=O) groups excluding carboxylic acids is 1. The van der Waals surface area contributed by atoms with E-state index in [0.29, 0.717) is 22.6 Å². The molecule has 0 aliphatic heterocycles. The number of aryl methyl sites for hydroxylation is 1. The Labute approximate surface area is 172 Å². The summed E-state index contributed by atoms with van der Waals surface area (Å²) in [5, 5.41) is 9.03. The van der Waals surface area contributed by atoms with E-state index in [1.807, 2.05) is 25.1 Å². The van der Waals surface area contributed by atoms with Crippen molar-refractivity contribution < 1.29 is 24.2 Å². The average molecular weight is 408 g/mol. The third-order valence-corrected chi connectivity index (χ3v) is 5.55. The summed E-state index contributed by atoms with van der Waals surface area (Å²) >= 11 is 1.62. The summed E-state index contributed by atoms with van der Waals surface area (Å²) in [6.07, 6.45) is 0. The number of rotatable bonds is 7. The molecule has 0 saturated carbocycles. The van der Waals surface area contributed by atoms with Gasteiger partial charge in [-0.15, -0.1) is 11.3 Å². The van der Waals surface area contributed by atoms with Crippen LogP contribution in [0, 0.1) is 6.92 Å². The maximum atomic E-state index is 13.0. The van der Waals surface area contributed by atoms with Crippen LogP contribution >= 0.6 is 11.3 Å². The number of thiophene rings is 1. The first kappa shape index (κ1) is 20.4. The van der Waals surface area contributed by atoms with E-state index >= 15 is 0 Å². The topological polar surface area (TPSA) is 72.8 Å². The Morgan fingerprint density at radius 3 is 2.07 bits per heavy atom. The van der Waals surface area contributed by atoms with Crippen LogP contribution in [0.1, 0.15) is 31.2 Å². The van der Waals surface area contributed by atoms with Gasteiger partial charge >= 0.3 is 5.97 Å². The highest BCUT2D eigenvalue weighted by atomic mass is 32.1. The number of methoxy groups -OCH3 is 2. The monoisotopic (exact) mass is 408 g/mol. The summed E-state index contributed by atoms with van der Waals surface area (Å²) in [5.41, 5.74) is 2.12. The predicted molar refractivity (Wildman–Crippen MR) is 114 cm³/mol. The van der Waals surface area contributed by atoms with E-state index in [9.17, 15) is 9.59 Å². The second-order valence-electron chi connectivity index (χ2n) is 6.35. The molecule has 3 rings (SSSR count). The van der Waals surface area contributed by atoms with Crippen LogP contribution in [0.25, 0.3) is 16.0 Å². The molecule has 3 aromatic rings. The second-order valence-corrected chi connectivity index (χ2v) is 7.64. The van der Waals surface area contributed by atoms with E-state index in [2.05, 4.69) is 6.58 Å². The zero-order valence-electron chi connectivity index (χ0n) is 16.3. The number of hydrogen-bond acceptors (Lipinski definition) is 5. The standard InChI is InChI=1S/C23H20O5S/c1-13-5-10-21(29-13)18-11-17(19(27-3)12-20(18)28-4)14(2)22(24)15-6-8-16(9-7-15)23(25)26/h5-12H,2H2,1,3-4H3,(H,25,26). The van der Waals surface area contributed by atoms with Gasteiger partial charge in [0.15, 0.2) is 5.78 Å². The number of carboxylic acid groups (broad SMARTS) is 1. The van der Waals surface area contributed by atoms with E-state index in [4.69, 9.17) is 14.6 Å². The van der Waals surface area contributed by atoms with Crippen LogP contribution in [-0.2, 0) is 0 Å². The summed E-state index contributed by atoms with van der Waals surface area (Å²) in [7, 11) is 3.11. The van der Waals surface area contributed by atoms with Gasteiger partial charge in [-0.2, -0.15) is 0 Å². The molecule has 6 heteroatoms. The Morgan fingerprint density at radius 2 is 1.55 bits per heavy atom. The van der Waals surface area contributed by atoms with Gasteiger partial charge < -0.3 is 14.6 Å².